The van der Waals surface area contributed by atoms with Gasteiger partial charge in [0.25, 0.3) is 0 Å². The predicted octanol–water partition coefficient (Wildman–Crippen LogP) is 7.20. The lowest BCUT2D eigenvalue weighted by molar-refractivity contribution is -0.143. The van der Waals surface area contributed by atoms with Crippen molar-refractivity contribution in [2.24, 2.45) is 0 Å². The van der Waals surface area contributed by atoms with Crippen LogP contribution in [0.4, 0.5) is 24.7 Å². The minimum Gasteiger partial charge on any atom is -0.480 e. The molecule has 2 fully saturated rings. The number of pyridine rings is 2. The normalized spacial score (nSPS) is 18.5. The fourth-order valence-electron chi connectivity index (χ4n) is 7.96. The van der Waals surface area contributed by atoms with Crippen LogP contribution in [0.1, 0.15) is 71.8 Å². The third-order valence-corrected chi connectivity index (χ3v) is 10.7. The van der Waals surface area contributed by atoms with Gasteiger partial charge in [0, 0.05) is 55.6 Å². The number of anilines is 2. The van der Waals surface area contributed by atoms with Crippen molar-refractivity contribution >= 4 is 28.3 Å². The molecule has 0 spiro atoms. The van der Waals surface area contributed by atoms with Gasteiger partial charge in [-0.05, 0) is 104 Å². The van der Waals surface area contributed by atoms with E-state index in [0.717, 1.165) is 82.3 Å². The Balaban J connectivity index is 1.02. The SMILES string of the molecule is COc1nc(O[C@@H]2CCc3c(-c4cccc(Nc5nccc6cc(CNC[C@@H]7CCC(=O)N7)cnc56)c4C)cccc32)c(C(F)(F)F)nc1CN1CCCC1. The monoisotopic (exact) mass is 752 g/mol. The summed E-state index contributed by atoms with van der Waals surface area (Å²) in [6.45, 7) is 5.20. The highest BCUT2D eigenvalue weighted by Gasteiger charge is 2.41. The van der Waals surface area contributed by atoms with E-state index < -0.39 is 23.9 Å². The highest BCUT2D eigenvalue weighted by Crippen LogP contribution is 2.44. The van der Waals surface area contributed by atoms with Crippen LogP contribution in [0.2, 0.25) is 0 Å². The summed E-state index contributed by atoms with van der Waals surface area (Å²) < 4.78 is 54.8. The molecule has 5 aromatic rings. The number of carbonyl (C=O) groups excluding carboxylic acids is 1. The second-order valence-electron chi connectivity index (χ2n) is 14.4. The first-order chi connectivity index (χ1) is 26.6. The van der Waals surface area contributed by atoms with E-state index in [-0.39, 0.29) is 30.1 Å². The smallest absolute Gasteiger partial charge is 0.438 e. The Morgan fingerprint density at radius 3 is 2.58 bits per heavy atom. The molecule has 2 saturated heterocycles. The summed E-state index contributed by atoms with van der Waals surface area (Å²) in [5.74, 6) is 0.203. The van der Waals surface area contributed by atoms with E-state index in [4.69, 9.17) is 14.5 Å². The number of methoxy groups -OCH3 is 1. The molecule has 0 bridgehead atoms. The molecule has 1 amide bonds. The fourth-order valence-corrected chi connectivity index (χ4v) is 7.96. The number of carbonyl (C=O) groups is 1. The van der Waals surface area contributed by atoms with E-state index in [1.54, 1.807) is 6.20 Å². The first-order valence-corrected chi connectivity index (χ1v) is 18.8. The van der Waals surface area contributed by atoms with Crippen LogP contribution in [0.3, 0.4) is 0 Å². The molecule has 11 nitrogen and oxygen atoms in total. The van der Waals surface area contributed by atoms with E-state index in [2.05, 4.69) is 41.9 Å². The van der Waals surface area contributed by atoms with Crippen LogP contribution in [0.15, 0.2) is 60.9 Å². The molecule has 55 heavy (non-hydrogen) atoms. The summed E-state index contributed by atoms with van der Waals surface area (Å²) >= 11 is 0. The maximum Gasteiger partial charge on any atom is 0.438 e. The van der Waals surface area contributed by atoms with Crippen molar-refractivity contribution < 1.29 is 27.4 Å². The quantitative estimate of drug-likeness (QED) is 0.121. The van der Waals surface area contributed by atoms with Gasteiger partial charge in [-0.2, -0.15) is 18.2 Å². The number of alkyl halides is 3. The number of hydrogen-bond acceptors (Lipinski definition) is 10. The van der Waals surface area contributed by atoms with Crippen LogP contribution in [-0.4, -0.2) is 63.5 Å². The van der Waals surface area contributed by atoms with Gasteiger partial charge in [-0.3, -0.25) is 14.7 Å². The van der Waals surface area contributed by atoms with E-state index in [0.29, 0.717) is 38.2 Å². The minimum absolute atomic E-state index is 0.0436. The maximum absolute atomic E-state index is 14.4. The molecular formula is C41H43F3N8O3. The lowest BCUT2D eigenvalue weighted by Crippen LogP contribution is -2.35. The van der Waals surface area contributed by atoms with Gasteiger partial charge in [0.2, 0.25) is 23.4 Å². The van der Waals surface area contributed by atoms with Gasteiger partial charge in [0.15, 0.2) is 5.82 Å². The minimum atomic E-state index is -4.76. The largest absolute Gasteiger partial charge is 0.480 e. The first kappa shape index (κ1) is 36.6. The fraction of sp³-hybridized carbons (Fsp3) is 0.390. The molecule has 286 valence electrons. The number of ether oxygens (including phenoxy) is 2. The molecule has 14 heteroatoms. The number of amides is 1. The van der Waals surface area contributed by atoms with Crippen molar-refractivity contribution in [3.63, 3.8) is 0 Å². The Hall–Kier alpha value is -5.34. The Labute approximate surface area is 317 Å². The molecule has 0 radical (unpaired) electrons. The van der Waals surface area contributed by atoms with E-state index in [1.165, 1.54) is 7.11 Å². The Morgan fingerprint density at radius 2 is 1.80 bits per heavy atom. The van der Waals surface area contributed by atoms with Gasteiger partial charge in [-0.1, -0.05) is 30.3 Å². The molecule has 3 N–H and O–H groups in total. The van der Waals surface area contributed by atoms with Gasteiger partial charge in [0.05, 0.1) is 7.11 Å². The Kier molecular flexibility index (Phi) is 10.3. The van der Waals surface area contributed by atoms with Gasteiger partial charge < -0.3 is 25.4 Å². The van der Waals surface area contributed by atoms with Crippen molar-refractivity contribution in [2.75, 3.05) is 32.1 Å². The zero-order chi connectivity index (χ0) is 38.1. The molecule has 2 aliphatic heterocycles. The molecule has 3 aromatic heterocycles. The van der Waals surface area contributed by atoms with Crippen LogP contribution in [0.25, 0.3) is 22.0 Å². The standard InChI is InChI=1S/C41H43F3N8O3/c1-24-28(7-6-10-32(24)50-38-36-26(15-16-46-38)19-25(21-47-36)20-45-22-27-11-14-35(53)48-27)29-8-5-9-31-30(29)12-13-34(31)55-40-37(41(42,43)44)49-33(39(51-40)54-2)23-52-17-3-4-18-52/h5-10,15-16,19,21,27,34,45H,3-4,11-14,17-18,20,22-23H2,1-2H3,(H,46,50)(H,48,53)/t27-,34+/m0/s1. The van der Waals surface area contributed by atoms with Crippen LogP contribution in [-0.2, 0) is 30.5 Å². The van der Waals surface area contributed by atoms with E-state index in [1.807, 2.05) is 55.6 Å². The number of halogens is 3. The van der Waals surface area contributed by atoms with Crippen molar-refractivity contribution in [1.82, 2.24) is 35.5 Å². The zero-order valence-corrected chi connectivity index (χ0v) is 30.8. The summed E-state index contributed by atoms with van der Waals surface area (Å²) in [4.78, 5) is 31.2. The second kappa shape index (κ2) is 15.4. The van der Waals surface area contributed by atoms with Crippen molar-refractivity contribution in [3.05, 3.63) is 94.6 Å². The van der Waals surface area contributed by atoms with Gasteiger partial charge in [-0.25, -0.2) is 9.97 Å². The second-order valence-corrected chi connectivity index (χ2v) is 14.4. The maximum atomic E-state index is 14.4. The molecule has 0 saturated carbocycles. The molecule has 5 heterocycles. The Bertz CT molecular complexity index is 2230. The highest BCUT2D eigenvalue weighted by atomic mass is 19.4. The topological polar surface area (TPSA) is 126 Å². The van der Waals surface area contributed by atoms with Crippen molar-refractivity contribution in [3.8, 4) is 22.9 Å². The number of nitrogens with zero attached hydrogens (tertiary/aromatic N) is 5. The molecule has 2 atom stereocenters. The highest BCUT2D eigenvalue weighted by molar-refractivity contribution is 5.91. The summed E-state index contributed by atoms with van der Waals surface area (Å²) in [5.41, 5.74) is 6.46. The predicted molar refractivity (Wildman–Crippen MR) is 202 cm³/mol. The van der Waals surface area contributed by atoms with Crippen LogP contribution in [0, 0.1) is 6.92 Å². The lowest BCUT2D eigenvalue weighted by atomic mass is 9.93. The van der Waals surface area contributed by atoms with Crippen LogP contribution < -0.4 is 25.4 Å². The number of fused-ring (bicyclic) bond motifs is 2. The van der Waals surface area contributed by atoms with Gasteiger partial charge in [-0.15, -0.1) is 0 Å². The third-order valence-electron chi connectivity index (χ3n) is 10.7. The third kappa shape index (κ3) is 7.78. The molecule has 2 aromatic carbocycles. The summed E-state index contributed by atoms with van der Waals surface area (Å²) in [6.07, 6.45) is 2.71. The number of aromatic nitrogens is 4. The summed E-state index contributed by atoms with van der Waals surface area (Å²) in [5, 5.41) is 10.9. The number of nitrogens with one attached hydrogen (secondary N) is 3. The van der Waals surface area contributed by atoms with E-state index >= 15 is 0 Å². The average Bonchev–Trinajstić information content (AvgIpc) is 3.94. The molecule has 8 rings (SSSR count). The van der Waals surface area contributed by atoms with Crippen molar-refractivity contribution in [2.45, 2.75) is 76.9 Å². The van der Waals surface area contributed by atoms with Gasteiger partial charge >= 0.3 is 6.18 Å². The van der Waals surface area contributed by atoms with Crippen molar-refractivity contribution in [1.29, 1.82) is 0 Å². The number of benzene rings is 2. The molecule has 0 unspecified atom stereocenters. The van der Waals surface area contributed by atoms with E-state index in [9.17, 15) is 18.0 Å². The summed E-state index contributed by atoms with van der Waals surface area (Å²) in [7, 11) is 1.39. The number of rotatable bonds is 12. The average molecular weight is 753 g/mol. The molecular weight excluding hydrogens is 709 g/mol. The number of likely N-dealkylation sites (tertiary alicyclic amines) is 1. The van der Waals surface area contributed by atoms with Gasteiger partial charge in [0.1, 0.15) is 17.3 Å². The summed E-state index contributed by atoms with van der Waals surface area (Å²) in [6, 6.07) is 16.1. The first-order valence-electron chi connectivity index (χ1n) is 18.8. The molecule has 1 aliphatic carbocycles. The lowest BCUT2D eigenvalue weighted by Gasteiger charge is -2.21. The Morgan fingerprint density at radius 1 is 0.982 bits per heavy atom. The number of hydrogen-bond donors (Lipinski definition) is 3. The van der Waals surface area contributed by atoms with Crippen LogP contribution in [0.5, 0.6) is 11.8 Å². The zero-order valence-electron chi connectivity index (χ0n) is 30.8. The van der Waals surface area contributed by atoms with Crippen LogP contribution >= 0.6 is 0 Å². The molecule has 3 aliphatic rings.